The van der Waals surface area contributed by atoms with Crippen LogP contribution in [0.1, 0.15) is 40.0 Å². The predicted molar refractivity (Wildman–Crippen MR) is 45.6 cm³/mol. The molecule has 66 valence electrons. The molecule has 0 aromatic heterocycles. The van der Waals surface area contributed by atoms with Crippen molar-refractivity contribution in [3.05, 3.63) is 0 Å². The second-order valence-corrected chi connectivity index (χ2v) is 2.68. The summed E-state index contributed by atoms with van der Waals surface area (Å²) in [5.74, 6) is 0.213. The summed E-state index contributed by atoms with van der Waals surface area (Å²) >= 11 is 0. The number of ketones is 1. The van der Waals surface area contributed by atoms with Crippen LogP contribution in [0.15, 0.2) is 0 Å². The van der Waals surface area contributed by atoms with Gasteiger partial charge in [0.2, 0.25) is 0 Å². The summed E-state index contributed by atoms with van der Waals surface area (Å²) < 4.78 is 5.24. The van der Waals surface area contributed by atoms with E-state index in [1.54, 1.807) is 7.11 Å². The third-order valence-corrected chi connectivity index (χ3v) is 2.36. The molecule has 0 unspecified atom stereocenters. The van der Waals surface area contributed by atoms with E-state index in [9.17, 15) is 4.79 Å². The van der Waals surface area contributed by atoms with Gasteiger partial charge in [0.15, 0.2) is 5.78 Å². The van der Waals surface area contributed by atoms with Gasteiger partial charge in [-0.05, 0) is 12.8 Å². The van der Waals surface area contributed by atoms with Gasteiger partial charge in [0.05, 0.1) is 0 Å². The maximum atomic E-state index is 11.4. The molecule has 2 heteroatoms. The highest BCUT2D eigenvalue weighted by atomic mass is 16.5. The molecule has 0 aliphatic heterocycles. The fourth-order valence-corrected chi connectivity index (χ4v) is 1.37. The van der Waals surface area contributed by atoms with Crippen molar-refractivity contribution in [1.29, 1.82) is 0 Å². The topological polar surface area (TPSA) is 26.3 Å². The average Bonchev–Trinajstić information content (AvgIpc) is 2.08. The number of Topliss-reactive ketones (excluding diaryl/α,β-unsaturated/α-hetero) is 1. The van der Waals surface area contributed by atoms with Crippen molar-refractivity contribution in [2.24, 2.45) is 0 Å². The van der Waals surface area contributed by atoms with Crippen LogP contribution in [0.25, 0.3) is 0 Å². The fourth-order valence-electron chi connectivity index (χ4n) is 1.37. The number of rotatable bonds is 5. The molecule has 0 aliphatic carbocycles. The van der Waals surface area contributed by atoms with Gasteiger partial charge in [-0.1, -0.05) is 20.8 Å². The summed E-state index contributed by atoms with van der Waals surface area (Å²) in [6.45, 7) is 5.85. The van der Waals surface area contributed by atoms with E-state index >= 15 is 0 Å². The predicted octanol–water partition coefficient (Wildman–Crippen LogP) is 2.17. The third kappa shape index (κ3) is 2.03. The molecule has 0 heterocycles. The van der Waals surface area contributed by atoms with Gasteiger partial charge in [-0.3, -0.25) is 4.79 Å². The van der Waals surface area contributed by atoms with Crippen LogP contribution in [0.5, 0.6) is 0 Å². The van der Waals surface area contributed by atoms with Crippen molar-refractivity contribution in [2.75, 3.05) is 7.11 Å². The van der Waals surface area contributed by atoms with Crippen LogP contribution in [0.3, 0.4) is 0 Å². The molecule has 0 amide bonds. The smallest absolute Gasteiger partial charge is 0.164 e. The van der Waals surface area contributed by atoms with Crippen LogP contribution < -0.4 is 0 Å². The molecule has 0 saturated carbocycles. The van der Waals surface area contributed by atoms with Crippen LogP contribution in [0, 0.1) is 0 Å². The van der Waals surface area contributed by atoms with Crippen molar-refractivity contribution in [3.8, 4) is 0 Å². The first-order chi connectivity index (χ1) is 5.16. The lowest BCUT2D eigenvalue weighted by atomic mass is 9.90. The second-order valence-electron chi connectivity index (χ2n) is 2.68. The Bertz CT molecular complexity index is 117. The Morgan fingerprint density at radius 3 is 1.82 bits per heavy atom. The molecule has 11 heavy (non-hydrogen) atoms. The zero-order valence-corrected chi connectivity index (χ0v) is 7.94. The minimum Gasteiger partial charge on any atom is -0.370 e. The summed E-state index contributed by atoms with van der Waals surface area (Å²) in [6.07, 6.45) is 2.11. The van der Waals surface area contributed by atoms with E-state index in [1.165, 1.54) is 0 Å². The quantitative estimate of drug-likeness (QED) is 0.613. The molecule has 0 aromatic rings. The number of hydrogen-bond donors (Lipinski definition) is 0. The molecule has 0 saturated heterocycles. The fraction of sp³-hybridized carbons (Fsp3) is 0.889. The largest absolute Gasteiger partial charge is 0.370 e. The third-order valence-electron chi connectivity index (χ3n) is 2.36. The Morgan fingerprint density at radius 2 is 1.73 bits per heavy atom. The first-order valence-corrected chi connectivity index (χ1v) is 4.25. The van der Waals surface area contributed by atoms with Crippen molar-refractivity contribution in [3.63, 3.8) is 0 Å². The van der Waals surface area contributed by atoms with E-state index in [0.29, 0.717) is 6.42 Å². The molecule has 0 N–H and O–H groups in total. The molecular formula is C9H18O2. The summed E-state index contributed by atoms with van der Waals surface area (Å²) in [5.41, 5.74) is -0.505. The van der Waals surface area contributed by atoms with Gasteiger partial charge in [0.25, 0.3) is 0 Å². The van der Waals surface area contributed by atoms with E-state index in [1.807, 2.05) is 20.8 Å². The van der Waals surface area contributed by atoms with Gasteiger partial charge in [-0.2, -0.15) is 0 Å². The monoisotopic (exact) mass is 158 g/mol. The Labute approximate surface area is 68.9 Å². The molecular weight excluding hydrogens is 140 g/mol. The number of carbonyl (C=O) groups is 1. The maximum absolute atomic E-state index is 11.4. The Balaban J connectivity index is 4.39. The van der Waals surface area contributed by atoms with Crippen LogP contribution in [-0.2, 0) is 9.53 Å². The summed E-state index contributed by atoms with van der Waals surface area (Å²) in [5, 5.41) is 0. The van der Waals surface area contributed by atoms with Gasteiger partial charge in [0, 0.05) is 13.5 Å². The van der Waals surface area contributed by atoms with Crippen LogP contribution in [0.2, 0.25) is 0 Å². The zero-order chi connectivity index (χ0) is 8.91. The average molecular weight is 158 g/mol. The van der Waals surface area contributed by atoms with Crippen LogP contribution >= 0.6 is 0 Å². The van der Waals surface area contributed by atoms with Crippen molar-refractivity contribution < 1.29 is 9.53 Å². The van der Waals surface area contributed by atoms with E-state index in [-0.39, 0.29) is 5.78 Å². The van der Waals surface area contributed by atoms with Crippen molar-refractivity contribution in [1.82, 2.24) is 0 Å². The van der Waals surface area contributed by atoms with Crippen LogP contribution in [-0.4, -0.2) is 18.5 Å². The standard InChI is InChI=1S/C9H18O2/c1-5-8(10)9(6-2,7-3)11-4/h5-7H2,1-4H3. The second kappa shape index (κ2) is 4.50. The highest BCUT2D eigenvalue weighted by Gasteiger charge is 2.32. The normalized spacial score (nSPS) is 11.6. The molecule has 0 aromatic carbocycles. The lowest BCUT2D eigenvalue weighted by Gasteiger charge is -2.27. The Morgan fingerprint density at radius 1 is 1.27 bits per heavy atom. The lowest BCUT2D eigenvalue weighted by molar-refractivity contribution is -0.141. The zero-order valence-electron chi connectivity index (χ0n) is 7.94. The highest BCUT2D eigenvalue weighted by Crippen LogP contribution is 2.21. The molecule has 0 bridgehead atoms. The number of hydrogen-bond acceptors (Lipinski definition) is 2. The van der Waals surface area contributed by atoms with Gasteiger partial charge in [-0.15, -0.1) is 0 Å². The first kappa shape index (κ1) is 10.6. The summed E-state index contributed by atoms with van der Waals surface area (Å²) in [7, 11) is 1.61. The van der Waals surface area contributed by atoms with E-state index in [4.69, 9.17) is 4.74 Å². The van der Waals surface area contributed by atoms with E-state index in [0.717, 1.165) is 12.8 Å². The summed E-state index contributed by atoms with van der Waals surface area (Å²) in [6, 6.07) is 0. The maximum Gasteiger partial charge on any atom is 0.164 e. The van der Waals surface area contributed by atoms with Gasteiger partial charge >= 0.3 is 0 Å². The molecule has 0 aliphatic rings. The molecule has 0 atom stereocenters. The van der Waals surface area contributed by atoms with Crippen molar-refractivity contribution >= 4 is 5.78 Å². The SMILES string of the molecule is CCC(=O)C(CC)(CC)OC. The molecule has 0 radical (unpaired) electrons. The van der Waals surface area contributed by atoms with E-state index < -0.39 is 5.60 Å². The van der Waals surface area contributed by atoms with Gasteiger partial charge in [0.1, 0.15) is 5.60 Å². The highest BCUT2D eigenvalue weighted by molar-refractivity contribution is 5.86. The minimum atomic E-state index is -0.505. The minimum absolute atomic E-state index is 0.213. The molecule has 0 fully saturated rings. The Kier molecular flexibility index (Phi) is 4.34. The molecule has 0 spiro atoms. The number of carbonyl (C=O) groups excluding carboxylic acids is 1. The molecule has 2 nitrogen and oxygen atoms in total. The number of methoxy groups -OCH3 is 1. The van der Waals surface area contributed by atoms with E-state index in [2.05, 4.69) is 0 Å². The van der Waals surface area contributed by atoms with Gasteiger partial charge < -0.3 is 4.74 Å². The first-order valence-electron chi connectivity index (χ1n) is 4.25. The lowest BCUT2D eigenvalue weighted by Crippen LogP contribution is -2.38. The van der Waals surface area contributed by atoms with Crippen molar-refractivity contribution in [2.45, 2.75) is 45.6 Å². The van der Waals surface area contributed by atoms with Crippen LogP contribution in [0.4, 0.5) is 0 Å². The molecule has 0 rings (SSSR count). The Hall–Kier alpha value is -0.370. The summed E-state index contributed by atoms with van der Waals surface area (Å²) in [4.78, 5) is 11.4. The number of ether oxygens (including phenoxy) is 1. The van der Waals surface area contributed by atoms with Gasteiger partial charge in [-0.25, -0.2) is 0 Å².